The maximum absolute atomic E-state index is 12.5. The first kappa shape index (κ1) is 15.6. The monoisotopic (exact) mass is 327 g/mol. The van der Waals surface area contributed by atoms with Crippen molar-refractivity contribution in [3.63, 3.8) is 0 Å². The number of benzene rings is 2. The number of carbonyl (C=O) groups excluding carboxylic acids is 1. The lowest BCUT2D eigenvalue weighted by atomic mass is 10.2. The number of hydrogen-bond acceptors (Lipinski definition) is 2. The quantitative estimate of drug-likeness (QED) is 0.780. The maximum atomic E-state index is 12.5. The number of carbonyl (C=O) groups is 1. The van der Waals surface area contributed by atoms with Gasteiger partial charge in [-0.05, 0) is 36.8 Å². The highest BCUT2D eigenvalue weighted by Gasteiger charge is 2.13. The van der Waals surface area contributed by atoms with Crippen LogP contribution in [0.1, 0.15) is 18.3 Å². The summed E-state index contributed by atoms with van der Waals surface area (Å²) in [5.41, 5.74) is 3.50. The smallest absolute Gasteiger partial charge is 0.244 e. The van der Waals surface area contributed by atoms with Crippen LogP contribution in [0.4, 0.5) is 5.69 Å². The standard InChI is InChI=1S/C18H18ClN3O/c1-3-17-20-15-8-4-5-10-16(15)22(17)11-18(23)21-14-9-6-7-13(19)12(14)2/h4-10H,3,11H2,1-2H3,(H,21,23). The van der Waals surface area contributed by atoms with Crippen LogP contribution in [0.25, 0.3) is 11.0 Å². The van der Waals surface area contributed by atoms with Gasteiger partial charge in [-0.25, -0.2) is 4.98 Å². The number of fused-ring (bicyclic) bond motifs is 1. The van der Waals surface area contributed by atoms with Crippen LogP contribution in [0.2, 0.25) is 5.02 Å². The molecule has 5 heteroatoms. The van der Waals surface area contributed by atoms with E-state index in [-0.39, 0.29) is 12.5 Å². The lowest BCUT2D eigenvalue weighted by Gasteiger charge is -2.11. The zero-order valence-corrected chi connectivity index (χ0v) is 13.9. The Labute approximate surface area is 140 Å². The van der Waals surface area contributed by atoms with E-state index in [1.807, 2.05) is 60.9 Å². The molecule has 2 aromatic carbocycles. The molecule has 1 amide bonds. The summed E-state index contributed by atoms with van der Waals surface area (Å²) in [4.78, 5) is 17.0. The Balaban J connectivity index is 1.87. The number of halogens is 1. The van der Waals surface area contributed by atoms with Crippen LogP contribution in [0, 0.1) is 6.92 Å². The van der Waals surface area contributed by atoms with Gasteiger partial charge in [-0.15, -0.1) is 0 Å². The van der Waals surface area contributed by atoms with Gasteiger partial charge in [0.2, 0.25) is 5.91 Å². The summed E-state index contributed by atoms with van der Waals surface area (Å²) >= 11 is 6.10. The predicted molar refractivity (Wildman–Crippen MR) is 93.9 cm³/mol. The summed E-state index contributed by atoms with van der Waals surface area (Å²) in [5, 5.41) is 3.58. The molecule has 0 aliphatic heterocycles. The van der Waals surface area contributed by atoms with Crippen LogP contribution in [-0.2, 0) is 17.8 Å². The molecule has 4 nitrogen and oxygen atoms in total. The second-order valence-electron chi connectivity index (χ2n) is 5.42. The average Bonchev–Trinajstić information content (AvgIpc) is 2.90. The normalized spacial score (nSPS) is 10.9. The number of rotatable bonds is 4. The zero-order valence-electron chi connectivity index (χ0n) is 13.1. The minimum atomic E-state index is -0.0896. The summed E-state index contributed by atoms with van der Waals surface area (Å²) in [6.07, 6.45) is 0.776. The number of amides is 1. The molecule has 118 valence electrons. The van der Waals surface area contributed by atoms with E-state index in [4.69, 9.17) is 11.6 Å². The molecule has 0 radical (unpaired) electrons. The highest BCUT2D eigenvalue weighted by molar-refractivity contribution is 6.31. The third-order valence-electron chi connectivity index (χ3n) is 3.89. The fraction of sp³-hybridized carbons (Fsp3) is 0.222. The van der Waals surface area contributed by atoms with Crippen molar-refractivity contribution in [3.8, 4) is 0 Å². The molecule has 1 heterocycles. The first-order chi connectivity index (χ1) is 11.1. The van der Waals surface area contributed by atoms with Crippen molar-refractivity contribution >= 4 is 34.2 Å². The van der Waals surface area contributed by atoms with Crippen molar-refractivity contribution in [3.05, 3.63) is 58.9 Å². The van der Waals surface area contributed by atoms with Crippen molar-refractivity contribution < 1.29 is 4.79 Å². The largest absolute Gasteiger partial charge is 0.324 e. The number of para-hydroxylation sites is 2. The van der Waals surface area contributed by atoms with Crippen LogP contribution in [0.5, 0.6) is 0 Å². The molecule has 0 atom stereocenters. The van der Waals surface area contributed by atoms with E-state index < -0.39 is 0 Å². The van der Waals surface area contributed by atoms with E-state index >= 15 is 0 Å². The molecule has 1 aromatic heterocycles. The number of aryl methyl sites for hydroxylation is 1. The van der Waals surface area contributed by atoms with E-state index in [0.29, 0.717) is 5.02 Å². The fourth-order valence-corrected chi connectivity index (χ4v) is 2.82. The first-order valence-corrected chi connectivity index (χ1v) is 7.97. The number of nitrogens with one attached hydrogen (secondary N) is 1. The lowest BCUT2D eigenvalue weighted by Crippen LogP contribution is -2.20. The van der Waals surface area contributed by atoms with Gasteiger partial charge in [0.05, 0.1) is 11.0 Å². The number of imidazole rings is 1. The molecule has 1 N–H and O–H groups in total. The van der Waals surface area contributed by atoms with Crippen LogP contribution in [0.3, 0.4) is 0 Å². The summed E-state index contributed by atoms with van der Waals surface area (Å²) in [5.74, 6) is 0.817. The molecule has 3 rings (SSSR count). The van der Waals surface area contributed by atoms with Gasteiger partial charge >= 0.3 is 0 Å². The van der Waals surface area contributed by atoms with E-state index in [9.17, 15) is 4.79 Å². The molecule has 0 aliphatic rings. The van der Waals surface area contributed by atoms with Crippen LogP contribution in [-0.4, -0.2) is 15.5 Å². The van der Waals surface area contributed by atoms with Crippen molar-refractivity contribution in [2.75, 3.05) is 5.32 Å². The number of anilines is 1. The van der Waals surface area contributed by atoms with E-state index in [1.165, 1.54) is 0 Å². The molecule has 0 unspecified atom stereocenters. The van der Waals surface area contributed by atoms with E-state index in [2.05, 4.69) is 10.3 Å². The Morgan fingerprint density at radius 3 is 2.78 bits per heavy atom. The molecule has 0 spiro atoms. The van der Waals surface area contributed by atoms with Crippen molar-refractivity contribution in [1.82, 2.24) is 9.55 Å². The van der Waals surface area contributed by atoms with Gasteiger partial charge in [-0.3, -0.25) is 4.79 Å². The summed E-state index contributed by atoms with van der Waals surface area (Å²) in [6.45, 7) is 4.16. The average molecular weight is 328 g/mol. The molecular formula is C18H18ClN3O. The molecule has 0 bridgehead atoms. The van der Waals surface area contributed by atoms with Gasteiger partial charge in [0.25, 0.3) is 0 Å². The highest BCUT2D eigenvalue weighted by Crippen LogP contribution is 2.23. The first-order valence-electron chi connectivity index (χ1n) is 7.59. The molecule has 0 saturated carbocycles. The third kappa shape index (κ3) is 3.08. The SMILES string of the molecule is CCc1nc2ccccc2n1CC(=O)Nc1cccc(Cl)c1C. The Bertz CT molecular complexity index is 870. The minimum absolute atomic E-state index is 0.0896. The third-order valence-corrected chi connectivity index (χ3v) is 4.30. The van der Waals surface area contributed by atoms with E-state index in [0.717, 1.165) is 34.5 Å². The second kappa shape index (κ2) is 6.42. The van der Waals surface area contributed by atoms with Crippen molar-refractivity contribution in [2.24, 2.45) is 0 Å². The molecular weight excluding hydrogens is 310 g/mol. The van der Waals surface area contributed by atoms with Gasteiger partial charge in [-0.1, -0.05) is 36.7 Å². The second-order valence-corrected chi connectivity index (χ2v) is 5.82. The summed E-state index contributed by atoms with van der Waals surface area (Å²) in [6, 6.07) is 13.4. The van der Waals surface area contributed by atoms with Gasteiger partial charge in [0.15, 0.2) is 0 Å². The number of hydrogen-bond donors (Lipinski definition) is 1. The molecule has 0 saturated heterocycles. The Kier molecular flexibility index (Phi) is 4.35. The number of aromatic nitrogens is 2. The molecule has 23 heavy (non-hydrogen) atoms. The minimum Gasteiger partial charge on any atom is -0.324 e. The lowest BCUT2D eigenvalue weighted by molar-refractivity contribution is -0.116. The number of nitrogens with zero attached hydrogens (tertiary/aromatic N) is 2. The van der Waals surface area contributed by atoms with Crippen molar-refractivity contribution in [1.29, 1.82) is 0 Å². The summed E-state index contributed by atoms with van der Waals surface area (Å²) in [7, 11) is 0. The fourth-order valence-electron chi connectivity index (χ4n) is 2.65. The van der Waals surface area contributed by atoms with E-state index in [1.54, 1.807) is 0 Å². The topological polar surface area (TPSA) is 46.9 Å². The van der Waals surface area contributed by atoms with Gasteiger partial charge in [0.1, 0.15) is 12.4 Å². The van der Waals surface area contributed by atoms with Crippen LogP contribution in [0.15, 0.2) is 42.5 Å². The van der Waals surface area contributed by atoms with Gasteiger partial charge in [-0.2, -0.15) is 0 Å². The highest BCUT2D eigenvalue weighted by atomic mass is 35.5. The predicted octanol–water partition coefficient (Wildman–Crippen LogP) is 4.20. The molecule has 3 aromatic rings. The van der Waals surface area contributed by atoms with Crippen LogP contribution >= 0.6 is 11.6 Å². The van der Waals surface area contributed by atoms with Gasteiger partial charge in [0, 0.05) is 17.1 Å². The Morgan fingerprint density at radius 1 is 1.22 bits per heavy atom. The molecule has 0 fully saturated rings. The Hall–Kier alpha value is -2.33. The van der Waals surface area contributed by atoms with Crippen molar-refractivity contribution in [2.45, 2.75) is 26.8 Å². The van der Waals surface area contributed by atoms with Gasteiger partial charge < -0.3 is 9.88 Å². The Morgan fingerprint density at radius 2 is 2.00 bits per heavy atom. The zero-order chi connectivity index (χ0) is 16.4. The summed E-state index contributed by atoms with van der Waals surface area (Å²) < 4.78 is 1.96. The maximum Gasteiger partial charge on any atom is 0.244 e. The molecule has 0 aliphatic carbocycles. The van der Waals surface area contributed by atoms with Crippen LogP contribution < -0.4 is 5.32 Å².